The molecule has 60 heavy (non-hydrogen) atoms. The number of fused-ring (bicyclic) bond motifs is 8. The predicted octanol–water partition coefficient (Wildman–Crippen LogP) is 12.0. The average molecular weight is 786 g/mol. The number of allylic oxidation sites excluding steroid dienone is 6. The maximum Gasteiger partial charge on any atom is 0.208 e. The molecule has 10 rings (SSSR count). The van der Waals surface area contributed by atoms with Crippen LogP contribution in [-0.2, 0) is 0 Å². The lowest BCUT2D eigenvalue weighted by Crippen LogP contribution is -2.17. The van der Waals surface area contributed by atoms with E-state index in [0.29, 0.717) is 17.6 Å². The molecule has 5 N–H and O–H groups in total. The zero-order valence-electron chi connectivity index (χ0n) is 32.4. The quantitative estimate of drug-likeness (QED) is 0.0897. The molecule has 292 valence electrons. The average Bonchev–Trinajstić information content (AvgIpc) is 3.79. The van der Waals surface area contributed by atoms with Crippen molar-refractivity contribution in [2.24, 2.45) is 0 Å². The fourth-order valence-corrected chi connectivity index (χ4v) is 8.60. The topological polar surface area (TPSA) is 114 Å². The van der Waals surface area contributed by atoms with Crippen molar-refractivity contribution in [3.8, 4) is 40.1 Å². The van der Waals surface area contributed by atoms with Gasteiger partial charge in [-0.3, -0.25) is 0 Å². The summed E-state index contributed by atoms with van der Waals surface area (Å²) in [6.45, 7) is 9.36. The number of anilines is 1. The highest BCUT2D eigenvalue weighted by Gasteiger charge is 2.27. The Labute approximate surface area is 345 Å². The van der Waals surface area contributed by atoms with Crippen LogP contribution in [0.15, 0.2) is 182 Å². The lowest BCUT2D eigenvalue weighted by Gasteiger charge is -2.22. The number of nitrogens with zero attached hydrogens (tertiary/aromatic N) is 3. The number of rotatable bonds is 4. The van der Waals surface area contributed by atoms with E-state index in [0.717, 1.165) is 56.4 Å². The number of phenolic OH excluding ortho intramolecular Hbond substituents is 5. The zero-order chi connectivity index (χ0) is 41.2. The molecule has 0 fully saturated rings. The minimum Gasteiger partial charge on any atom is -0.503 e. The molecule has 8 heteroatoms. The van der Waals surface area contributed by atoms with Crippen LogP contribution >= 0.6 is 0 Å². The van der Waals surface area contributed by atoms with Crippen molar-refractivity contribution >= 4 is 65.6 Å². The van der Waals surface area contributed by atoms with E-state index in [1.165, 1.54) is 27.1 Å². The van der Waals surface area contributed by atoms with Gasteiger partial charge in [0.1, 0.15) is 5.69 Å². The van der Waals surface area contributed by atoms with Gasteiger partial charge in [0.15, 0.2) is 11.5 Å². The Balaban J connectivity index is 1.11. The highest BCUT2D eigenvalue weighted by atomic mass is 16.4. The van der Waals surface area contributed by atoms with Gasteiger partial charge in [0.25, 0.3) is 0 Å². The van der Waals surface area contributed by atoms with Crippen LogP contribution in [0.2, 0.25) is 0 Å². The van der Waals surface area contributed by atoms with Gasteiger partial charge in [-0.05, 0) is 88.7 Å². The molecule has 0 saturated carbocycles. The van der Waals surface area contributed by atoms with Gasteiger partial charge in [-0.1, -0.05) is 110 Å². The van der Waals surface area contributed by atoms with Crippen LogP contribution in [0.4, 0.5) is 5.69 Å². The van der Waals surface area contributed by atoms with Crippen LogP contribution in [0.25, 0.3) is 71.3 Å². The molecule has 2 aromatic heterocycles. The third-order valence-corrected chi connectivity index (χ3v) is 11.6. The summed E-state index contributed by atoms with van der Waals surface area (Å²) < 4.78 is 3.93. The number of hydrogen-bond donors (Lipinski definition) is 5. The molecule has 0 amide bonds. The SMILES string of the molecule is C=C1/C=C\CCN(c2cccc(-n3c4ccccc4c4ccc5ccccc5c43)c2)/C=C\C(c2ccc3c(c2)c2ccccc2n3-c2c(O)c(O)c(O)c(O)c2O)=C/C1=C. The molecule has 0 bridgehead atoms. The number of aromatic nitrogens is 2. The van der Waals surface area contributed by atoms with Crippen molar-refractivity contribution < 1.29 is 25.5 Å². The molecule has 0 saturated heterocycles. The lowest BCUT2D eigenvalue weighted by atomic mass is 9.98. The summed E-state index contributed by atoms with van der Waals surface area (Å²) in [4.78, 5) is 2.25. The van der Waals surface area contributed by atoms with Crippen molar-refractivity contribution in [2.75, 3.05) is 11.4 Å². The lowest BCUT2D eigenvalue weighted by molar-refractivity contribution is 0.327. The van der Waals surface area contributed by atoms with E-state index in [9.17, 15) is 25.5 Å². The van der Waals surface area contributed by atoms with Gasteiger partial charge in [0.05, 0.1) is 22.1 Å². The molecule has 0 spiro atoms. The Bertz CT molecular complexity index is 3350. The molecular weight excluding hydrogens is 747 g/mol. The number of aromatic hydroxyl groups is 5. The summed E-state index contributed by atoms with van der Waals surface area (Å²) in [6.07, 6.45) is 11.1. The first-order chi connectivity index (χ1) is 29.2. The summed E-state index contributed by atoms with van der Waals surface area (Å²) in [5, 5.41) is 59.4. The first-order valence-corrected chi connectivity index (χ1v) is 19.6. The van der Waals surface area contributed by atoms with E-state index < -0.39 is 28.7 Å². The fraction of sp³-hybridized carbons (Fsp3) is 0.0385. The Hall–Kier alpha value is -8.10. The normalized spacial score (nSPS) is 15.8. The molecule has 0 aliphatic carbocycles. The second kappa shape index (κ2) is 14.1. The van der Waals surface area contributed by atoms with Gasteiger partial charge in [0, 0.05) is 51.1 Å². The van der Waals surface area contributed by atoms with Gasteiger partial charge in [-0.15, -0.1) is 0 Å². The van der Waals surface area contributed by atoms with Crippen LogP contribution in [0.1, 0.15) is 12.0 Å². The summed E-state index contributed by atoms with van der Waals surface area (Å²) in [7, 11) is 0. The van der Waals surface area contributed by atoms with Crippen LogP contribution in [0.5, 0.6) is 28.7 Å². The molecule has 0 atom stereocenters. The van der Waals surface area contributed by atoms with Crippen molar-refractivity contribution in [1.29, 1.82) is 0 Å². The van der Waals surface area contributed by atoms with Gasteiger partial charge in [-0.25, -0.2) is 0 Å². The summed E-state index contributed by atoms with van der Waals surface area (Å²) in [6, 6.07) is 43.4. The maximum absolute atomic E-state index is 11.0. The molecule has 3 heterocycles. The van der Waals surface area contributed by atoms with Gasteiger partial charge >= 0.3 is 0 Å². The number of phenols is 5. The molecular formula is C52H39N3O5. The monoisotopic (exact) mass is 785 g/mol. The Kier molecular flexibility index (Phi) is 8.50. The summed E-state index contributed by atoms with van der Waals surface area (Å²) >= 11 is 0. The number of para-hydroxylation sites is 2. The van der Waals surface area contributed by atoms with Gasteiger partial charge < -0.3 is 39.6 Å². The smallest absolute Gasteiger partial charge is 0.208 e. The molecule has 1 aliphatic rings. The van der Waals surface area contributed by atoms with Gasteiger partial charge in [0.2, 0.25) is 17.2 Å². The van der Waals surface area contributed by atoms with E-state index >= 15 is 0 Å². The molecule has 0 radical (unpaired) electrons. The Morgan fingerprint density at radius 2 is 1.12 bits per heavy atom. The van der Waals surface area contributed by atoms with Crippen molar-refractivity contribution in [1.82, 2.24) is 9.13 Å². The maximum atomic E-state index is 11.0. The van der Waals surface area contributed by atoms with Crippen LogP contribution in [-0.4, -0.2) is 41.2 Å². The Morgan fingerprint density at radius 1 is 0.483 bits per heavy atom. The van der Waals surface area contributed by atoms with Gasteiger partial charge in [-0.2, -0.15) is 0 Å². The van der Waals surface area contributed by atoms with Crippen molar-refractivity contribution in [2.45, 2.75) is 6.42 Å². The summed E-state index contributed by atoms with van der Waals surface area (Å²) in [5.41, 5.74) is 8.60. The van der Waals surface area contributed by atoms with Crippen LogP contribution in [0.3, 0.4) is 0 Å². The molecule has 8 nitrogen and oxygen atoms in total. The fourth-order valence-electron chi connectivity index (χ4n) is 8.60. The van der Waals surface area contributed by atoms with Crippen LogP contribution in [0, 0.1) is 0 Å². The van der Waals surface area contributed by atoms with Crippen LogP contribution < -0.4 is 4.90 Å². The van der Waals surface area contributed by atoms with E-state index in [2.05, 4.69) is 126 Å². The van der Waals surface area contributed by atoms with E-state index in [1.54, 1.807) is 4.57 Å². The minimum atomic E-state index is -1.01. The number of benzene rings is 7. The second-order valence-electron chi connectivity index (χ2n) is 15.1. The van der Waals surface area contributed by atoms with E-state index in [-0.39, 0.29) is 5.69 Å². The second-order valence-corrected chi connectivity index (χ2v) is 15.1. The molecule has 1 aliphatic heterocycles. The van der Waals surface area contributed by atoms with E-state index in [4.69, 9.17) is 0 Å². The molecule has 9 aromatic rings. The van der Waals surface area contributed by atoms with E-state index in [1.807, 2.05) is 54.6 Å². The highest BCUT2D eigenvalue weighted by Crippen LogP contribution is 2.54. The molecule has 0 unspecified atom stereocenters. The Morgan fingerprint density at radius 3 is 1.88 bits per heavy atom. The standard InChI is InChI=1S/C52H39N3O5/c1-31-12-9-10-26-53(36-14-11-15-37(30-36)54-43-19-7-5-17-39(43)41-23-21-33-13-3-4-16-38(33)46(41)54)27-25-35(28-32(31)2)34-22-24-45-42(29-34)40-18-6-8-20-44(40)55(45)47-48(56)50(58)52(60)51(59)49(47)57/h3-9,11-25,27-30,56-60H,1-2,10,26H2/b12-9-,27-25-,35-28+. The first-order valence-electron chi connectivity index (χ1n) is 19.6. The molecule has 7 aromatic carbocycles. The summed E-state index contributed by atoms with van der Waals surface area (Å²) in [5.74, 6) is -4.45. The highest BCUT2D eigenvalue weighted by molar-refractivity contribution is 6.18. The third-order valence-electron chi connectivity index (χ3n) is 11.6. The third kappa shape index (κ3) is 5.68. The number of hydrogen-bond acceptors (Lipinski definition) is 6. The largest absolute Gasteiger partial charge is 0.503 e. The predicted molar refractivity (Wildman–Crippen MR) is 244 cm³/mol. The first kappa shape index (κ1) is 36.3. The zero-order valence-corrected chi connectivity index (χ0v) is 32.4. The minimum absolute atomic E-state index is 0.265. The van der Waals surface area contributed by atoms with Crippen molar-refractivity contribution in [3.05, 3.63) is 188 Å². The van der Waals surface area contributed by atoms with Crippen molar-refractivity contribution in [3.63, 3.8) is 0 Å².